The quantitative estimate of drug-likeness (QED) is 0.0636. The number of halogens is 1. The fourth-order valence-electron chi connectivity index (χ4n) is 6.76. The Kier molecular flexibility index (Phi) is 16.6. The molecule has 1 saturated carbocycles. The summed E-state index contributed by atoms with van der Waals surface area (Å²) < 4.78 is 37.3. The number of carbonyl (C=O) groups is 2. The minimum Gasteiger partial charge on any atom is -0.490 e. The number of benzene rings is 3. The van der Waals surface area contributed by atoms with Crippen LogP contribution in [0.25, 0.3) is 22.3 Å². The molecule has 53 heavy (non-hydrogen) atoms. The number of hydrogen-bond acceptors (Lipinski definition) is 8. The van der Waals surface area contributed by atoms with E-state index >= 15 is 4.39 Å². The Morgan fingerprint density at radius 1 is 0.717 bits per heavy atom. The van der Waals surface area contributed by atoms with Gasteiger partial charge in [-0.3, -0.25) is 0 Å². The smallest absolute Gasteiger partial charge is 0.335 e. The first-order valence-corrected chi connectivity index (χ1v) is 18.8. The molecular formula is C44H55FO8. The zero-order valence-electron chi connectivity index (χ0n) is 31.3. The number of rotatable bonds is 21. The number of unbranched alkanes of at least 4 members (excludes halogenated alkanes) is 2. The molecule has 0 spiro atoms. The maximum Gasteiger partial charge on any atom is 0.335 e. The summed E-state index contributed by atoms with van der Waals surface area (Å²) in [5, 5.41) is 18.2. The summed E-state index contributed by atoms with van der Waals surface area (Å²) in [6.45, 7) is 10.1. The number of aliphatic hydroxyl groups excluding tert-OH is 2. The highest BCUT2D eigenvalue weighted by Gasteiger charge is 2.21. The number of ether oxygens (including phenoxy) is 4. The topological polar surface area (TPSA) is 112 Å². The average molecular weight is 731 g/mol. The highest BCUT2D eigenvalue weighted by atomic mass is 19.1. The minimum absolute atomic E-state index is 0.0357. The molecule has 0 bridgehead atoms. The summed E-state index contributed by atoms with van der Waals surface area (Å²) in [7, 11) is 0. The van der Waals surface area contributed by atoms with Crippen molar-refractivity contribution in [1.29, 1.82) is 0 Å². The van der Waals surface area contributed by atoms with E-state index in [1.54, 1.807) is 12.1 Å². The molecule has 0 unspecified atom stereocenters. The van der Waals surface area contributed by atoms with Crippen LogP contribution in [0.15, 0.2) is 78.9 Å². The summed E-state index contributed by atoms with van der Waals surface area (Å²) in [6.07, 6.45) is 12.3. The van der Waals surface area contributed by atoms with Gasteiger partial charge in [-0.15, -0.1) is 0 Å². The van der Waals surface area contributed by atoms with Gasteiger partial charge in [0.25, 0.3) is 0 Å². The molecule has 1 aliphatic rings. The third-order valence-electron chi connectivity index (χ3n) is 9.94. The van der Waals surface area contributed by atoms with E-state index in [9.17, 15) is 9.59 Å². The average Bonchev–Trinajstić information content (AvgIpc) is 3.17. The van der Waals surface area contributed by atoms with Crippen LogP contribution in [-0.2, 0) is 25.5 Å². The van der Waals surface area contributed by atoms with E-state index in [0.29, 0.717) is 17.4 Å². The summed E-state index contributed by atoms with van der Waals surface area (Å²) in [5.74, 6) is 0.879. The monoisotopic (exact) mass is 730 g/mol. The van der Waals surface area contributed by atoms with E-state index in [1.165, 1.54) is 51.4 Å². The van der Waals surface area contributed by atoms with Crippen molar-refractivity contribution in [2.45, 2.75) is 78.1 Å². The van der Waals surface area contributed by atoms with E-state index in [4.69, 9.17) is 29.2 Å². The SMILES string of the molecule is C=C(CO)C(=O)OCCOc1cc(OCCOC(=O)C(=C)CO)cc(-c2ccc(-c3ccc(CCC4CCC(CCCCC)CC4)c(F)c3)cc2C)c1. The van der Waals surface area contributed by atoms with Gasteiger partial charge < -0.3 is 29.2 Å². The lowest BCUT2D eigenvalue weighted by molar-refractivity contribution is -0.141. The standard InChI is InChI=1S/C44H55FO8/c1-5-6-7-8-33-9-11-34(12-10-33)13-14-35-15-16-37(26-42(35)45)36-17-18-41(30(2)23-36)38-24-39(50-19-21-52-43(48)31(3)28-46)27-40(25-38)51-20-22-53-44(49)32(4)29-47/h15-18,23-27,33-34,46-47H,3-14,19-22,28-29H2,1-2H3. The summed E-state index contributed by atoms with van der Waals surface area (Å²) in [5.41, 5.74) is 5.03. The lowest BCUT2D eigenvalue weighted by Crippen LogP contribution is -2.15. The van der Waals surface area contributed by atoms with Crippen LogP contribution >= 0.6 is 0 Å². The van der Waals surface area contributed by atoms with Crippen LogP contribution in [0.4, 0.5) is 4.39 Å². The van der Waals surface area contributed by atoms with Gasteiger partial charge in [0.1, 0.15) is 43.7 Å². The summed E-state index contributed by atoms with van der Waals surface area (Å²) in [6, 6.07) is 16.9. The van der Waals surface area contributed by atoms with Gasteiger partial charge in [0.05, 0.1) is 24.4 Å². The molecule has 0 amide bonds. The first-order valence-electron chi connectivity index (χ1n) is 18.8. The van der Waals surface area contributed by atoms with Crippen molar-refractivity contribution < 1.29 is 43.1 Å². The highest BCUT2D eigenvalue weighted by molar-refractivity contribution is 5.88. The number of aryl methyl sites for hydroxylation is 2. The fraction of sp³-hybridized carbons (Fsp3) is 0.455. The molecule has 8 nitrogen and oxygen atoms in total. The zero-order chi connectivity index (χ0) is 38.2. The van der Waals surface area contributed by atoms with Crippen molar-refractivity contribution in [2.75, 3.05) is 39.6 Å². The van der Waals surface area contributed by atoms with E-state index in [0.717, 1.165) is 52.1 Å². The second-order valence-corrected chi connectivity index (χ2v) is 13.9. The molecule has 9 heteroatoms. The second kappa shape index (κ2) is 21.3. The third-order valence-corrected chi connectivity index (χ3v) is 9.94. The highest BCUT2D eigenvalue weighted by Crippen LogP contribution is 2.36. The largest absolute Gasteiger partial charge is 0.490 e. The number of esters is 2. The molecule has 3 aromatic rings. The van der Waals surface area contributed by atoms with Crippen molar-refractivity contribution >= 4 is 11.9 Å². The summed E-state index contributed by atoms with van der Waals surface area (Å²) >= 11 is 0. The van der Waals surface area contributed by atoms with Crippen LogP contribution in [0.2, 0.25) is 0 Å². The normalized spacial score (nSPS) is 15.4. The first kappa shape index (κ1) is 41.3. The minimum atomic E-state index is -0.705. The Bertz CT molecular complexity index is 1640. The molecule has 0 atom stereocenters. The molecule has 0 radical (unpaired) electrons. The lowest BCUT2D eigenvalue weighted by Gasteiger charge is -2.28. The second-order valence-electron chi connectivity index (χ2n) is 13.9. The van der Waals surface area contributed by atoms with Crippen LogP contribution in [-0.4, -0.2) is 61.8 Å². The lowest BCUT2D eigenvalue weighted by atomic mass is 9.77. The Labute approximate surface area is 313 Å². The summed E-state index contributed by atoms with van der Waals surface area (Å²) in [4.78, 5) is 23.7. The van der Waals surface area contributed by atoms with Crippen molar-refractivity contribution in [3.8, 4) is 33.8 Å². The molecule has 0 saturated heterocycles. The molecule has 1 aliphatic carbocycles. The molecular weight excluding hydrogens is 675 g/mol. The van der Waals surface area contributed by atoms with Gasteiger partial charge in [-0.2, -0.15) is 0 Å². The van der Waals surface area contributed by atoms with Crippen molar-refractivity contribution in [3.63, 3.8) is 0 Å². The van der Waals surface area contributed by atoms with Gasteiger partial charge in [0.2, 0.25) is 0 Å². The predicted octanol–water partition coefficient (Wildman–Crippen LogP) is 8.73. The van der Waals surface area contributed by atoms with Crippen molar-refractivity contribution in [3.05, 3.63) is 95.8 Å². The molecule has 0 aromatic heterocycles. The van der Waals surface area contributed by atoms with Gasteiger partial charge in [-0.05, 0) is 83.2 Å². The van der Waals surface area contributed by atoms with Crippen molar-refractivity contribution in [1.82, 2.24) is 0 Å². The van der Waals surface area contributed by atoms with E-state index in [2.05, 4.69) is 20.1 Å². The van der Waals surface area contributed by atoms with Gasteiger partial charge in [-0.1, -0.05) is 102 Å². The van der Waals surface area contributed by atoms with Gasteiger partial charge in [-0.25, -0.2) is 14.0 Å². The van der Waals surface area contributed by atoms with E-state index in [1.807, 2.05) is 49.4 Å². The fourth-order valence-corrected chi connectivity index (χ4v) is 6.76. The maximum absolute atomic E-state index is 15.4. The van der Waals surface area contributed by atoms with Gasteiger partial charge in [0.15, 0.2) is 0 Å². The molecule has 3 aromatic carbocycles. The van der Waals surface area contributed by atoms with E-state index < -0.39 is 25.2 Å². The molecule has 2 N–H and O–H groups in total. The van der Waals surface area contributed by atoms with E-state index in [-0.39, 0.29) is 43.4 Å². The Hall–Kier alpha value is -4.47. The first-order chi connectivity index (χ1) is 25.6. The maximum atomic E-state index is 15.4. The third kappa shape index (κ3) is 12.9. The van der Waals surface area contributed by atoms with Crippen LogP contribution in [0, 0.1) is 24.6 Å². The number of aliphatic hydroxyl groups is 2. The van der Waals surface area contributed by atoms with Gasteiger partial charge >= 0.3 is 11.9 Å². The van der Waals surface area contributed by atoms with Crippen LogP contribution in [0.5, 0.6) is 11.5 Å². The number of carbonyl (C=O) groups excluding carboxylic acids is 2. The zero-order valence-corrected chi connectivity index (χ0v) is 31.3. The van der Waals surface area contributed by atoms with Gasteiger partial charge in [0, 0.05) is 6.07 Å². The molecule has 4 rings (SSSR count). The van der Waals surface area contributed by atoms with Crippen LogP contribution in [0.1, 0.15) is 75.8 Å². The molecule has 286 valence electrons. The van der Waals surface area contributed by atoms with Crippen molar-refractivity contribution in [2.24, 2.45) is 11.8 Å². The Balaban J connectivity index is 1.42. The number of hydrogen-bond donors (Lipinski definition) is 2. The molecule has 1 fully saturated rings. The van der Waals surface area contributed by atoms with Crippen LogP contribution < -0.4 is 9.47 Å². The Morgan fingerprint density at radius 3 is 1.79 bits per heavy atom. The Morgan fingerprint density at radius 2 is 1.26 bits per heavy atom. The predicted molar refractivity (Wildman–Crippen MR) is 205 cm³/mol. The molecule has 0 aliphatic heterocycles. The van der Waals surface area contributed by atoms with Crippen LogP contribution in [0.3, 0.4) is 0 Å². The molecule has 0 heterocycles.